The Kier molecular flexibility index (Phi) is 5.76. The highest BCUT2D eigenvalue weighted by Gasteiger charge is 2.57. The third-order valence-corrected chi connectivity index (χ3v) is 5.26. The average Bonchev–Trinajstić information content (AvgIpc) is 3.05. The van der Waals surface area contributed by atoms with E-state index in [4.69, 9.17) is 9.47 Å². The maximum Gasteiger partial charge on any atom is 0.197 e. The molecule has 1 aliphatic rings. The fraction of sp³-hybridized carbons (Fsp3) is 0.364. The van der Waals surface area contributed by atoms with Crippen molar-refractivity contribution in [2.45, 2.75) is 44.4 Å². The predicted octanol–water partition coefficient (Wildman–Crippen LogP) is 2.22. The molecule has 0 unspecified atom stereocenters. The average molecular weight is 384 g/mol. The predicted molar refractivity (Wildman–Crippen MR) is 102 cm³/mol. The van der Waals surface area contributed by atoms with Crippen molar-refractivity contribution in [1.82, 2.24) is 0 Å². The number of methoxy groups -OCH3 is 1. The molecule has 0 aromatic heterocycles. The molecule has 1 fully saturated rings. The SMILES string of the molecule is CO[C@@H]1C[C@@](O)(C(=O)c2ccccc2C)[C@@H]([C@@H](O)C(=O)c2ccccc2C)O1. The number of hydrogen-bond donors (Lipinski definition) is 2. The van der Waals surface area contributed by atoms with Gasteiger partial charge in [0.25, 0.3) is 0 Å². The summed E-state index contributed by atoms with van der Waals surface area (Å²) in [6, 6.07) is 13.6. The van der Waals surface area contributed by atoms with Crippen molar-refractivity contribution in [1.29, 1.82) is 0 Å². The van der Waals surface area contributed by atoms with Crippen LogP contribution in [0.15, 0.2) is 48.5 Å². The number of aliphatic hydroxyl groups is 2. The maximum atomic E-state index is 13.2. The molecule has 1 saturated heterocycles. The number of aliphatic hydroxyl groups excluding tert-OH is 1. The van der Waals surface area contributed by atoms with Crippen LogP contribution in [-0.4, -0.2) is 53.0 Å². The molecule has 148 valence electrons. The lowest BCUT2D eigenvalue weighted by atomic mass is 9.81. The fourth-order valence-corrected chi connectivity index (χ4v) is 3.60. The summed E-state index contributed by atoms with van der Waals surface area (Å²) < 4.78 is 10.7. The van der Waals surface area contributed by atoms with Gasteiger partial charge in [-0.25, -0.2) is 0 Å². The number of ketones is 2. The first-order valence-corrected chi connectivity index (χ1v) is 9.08. The Bertz CT molecular complexity index is 892. The Morgan fingerprint density at radius 2 is 1.61 bits per heavy atom. The van der Waals surface area contributed by atoms with Gasteiger partial charge in [0.05, 0.1) is 0 Å². The van der Waals surface area contributed by atoms with Crippen LogP contribution < -0.4 is 0 Å². The second-order valence-corrected chi connectivity index (χ2v) is 7.12. The van der Waals surface area contributed by atoms with E-state index >= 15 is 0 Å². The van der Waals surface area contributed by atoms with Crippen LogP contribution in [0.4, 0.5) is 0 Å². The summed E-state index contributed by atoms with van der Waals surface area (Å²) in [5.74, 6) is -1.22. The summed E-state index contributed by atoms with van der Waals surface area (Å²) in [5.41, 5.74) is -0.109. The molecule has 28 heavy (non-hydrogen) atoms. The molecular formula is C22H24O6. The maximum absolute atomic E-state index is 13.2. The van der Waals surface area contributed by atoms with E-state index < -0.39 is 35.7 Å². The number of benzene rings is 2. The molecule has 2 N–H and O–H groups in total. The molecule has 1 heterocycles. The number of Topliss-reactive ketones (excluding diaryl/α,β-unsaturated/α-hetero) is 2. The Morgan fingerprint density at radius 1 is 1.07 bits per heavy atom. The van der Waals surface area contributed by atoms with E-state index in [0.29, 0.717) is 22.3 Å². The van der Waals surface area contributed by atoms with Crippen LogP contribution in [0.3, 0.4) is 0 Å². The van der Waals surface area contributed by atoms with E-state index in [1.54, 1.807) is 62.4 Å². The van der Waals surface area contributed by atoms with Gasteiger partial charge in [-0.3, -0.25) is 9.59 Å². The number of aryl methyl sites for hydroxylation is 2. The molecule has 2 aromatic carbocycles. The first-order chi connectivity index (χ1) is 13.3. The number of hydrogen-bond acceptors (Lipinski definition) is 6. The van der Waals surface area contributed by atoms with Crippen LogP contribution in [0, 0.1) is 13.8 Å². The van der Waals surface area contributed by atoms with E-state index in [2.05, 4.69) is 0 Å². The number of ether oxygens (including phenoxy) is 2. The molecular weight excluding hydrogens is 360 g/mol. The summed E-state index contributed by atoms with van der Waals surface area (Å²) in [6.45, 7) is 3.50. The Hall–Kier alpha value is -2.38. The second kappa shape index (κ2) is 7.93. The molecule has 4 atom stereocenters. The lowest BCUT2D eigenvalue weighted by molar-refractivity contribution is -0.143. The minimum atomic E-state index is -2.09. The van der Waals surface area contributed by atoms with Gasteiger partial charge in [0.15, 0.2) is 23.5 Å². The van der Waals surface area contributed by atoms with Crippen molar-refractivity contribution < 1.29 is 29.3 Å². The van der Waals surface area contributed by atoms with Gasteiger partial charge in [-0.1, -0.05) is 48.5 Å². The summed E-state index contributed by atoms with van der Waals surface area (Å²) in [6.07, 6.45) is -4.27. The zero-order valence-corrected chi connectivity index (χ0v) is 16.1. The normalized spacial score (nSPS) is 25.5. The molecule has 6 heteroatoms. The molecule has 0 aliphatic carbocycles. The van der Waals surface area contributed by atoms with Crippen molar-refractivity contribution in [3.63, 3.8) is 0 Å². The zero-order valence-electron chi connectivity index (χ0n) is 16.1. The summed E-state index contributed by atoms with van der Waals surface area (Å²) in [4.78, 5) is 26.1. The van der Waals surface area contributed by atoms with Gasteiger partial charge >= 0.3 is 0 Å². The van der Waals surface area contributed by atoms with E-state index in [1.165, 1.54) is 7.11 Å². The summed E-state index contributed by atoms with van der Waals surface area (Å²) >= 11 is 0. The molecule has 6 nitrogen and oxygen atoms in total. The third kappa shape index (κ3) is 3.52. The van der Waals surface area contributed by atoms with Crippen LogP contribution in [0.5, 0.6) is 0 Å². The van der Waals surface area contributed by atoms with Gasteiger partial charge in [-0.05, 0) is 25.0 Å². The van der Waals surface area contributed by atoms with Crippen LogP contribution in [0.1, 0.15) is 38.3 Å². The summed E-state index contributed by atoms with van der Waals surface area (Å²) in [7, 11) is 1.38. The minimum absolute atomic E-state index is 0.181. The van der Waals surface area contributed by atoms with Gasteiger partial charge in [-0.15, -0.1) is 0 Å². The highest BCUT2D eigenvalue weighted by molar-refractivity contribution is 6.06. The highest BCUT2D eigenvalue weighted by Crippen LogP contribution is 2.37. The summed E-state index contributed by atoms with van der Waals surface area (Å²) in [5, 5.41) is 22.0. The first-order valence-electron chi connectivity index (χ1n) is 9.08. The lowest BCUT2D eigenvalue weighted by Gasteiger charge is -2.30. The number of carbonyl (C=O) groups is 2. The minimum Gasteiger partial charge on any atom is -0.382 e. The third-order valence-electron chi connectivity index (χ3n) is 5.26. The van der Waals surface area contributed by atoms with Crippen LogP contribution in [0.25, 0.3) is 0 Å². The van der Waals surface area contributed by atoms with Gasteiger partial charge in [0.1, 0.15) is 12.2 Å². The molecule has 2 aromatic rings. The van der Waals surface area contributed by atoms with Crippen molar-refractivity contribution >= 4 is 11.6 Å². The van der Waals surface area contributed by atoms with Gasteiger partial charge in [-0.2, -0.15) is 0 Å². The Morgan fingerprint density at radius 3 is 2.14 bits per heavy atom. The zero-order chi connectivity index (χ0) is 20.5. The topological polar surface area (TPSA) is 93.1 Å². The van der Waals surface area contributed by atoms with Crippen molar-refractivity contribution in [3.05, 3.63) is 70.8 Å². The number of carbonyl (C=O) groups excluding carboxylic acids is 2. The van der Waals surface area contributed by atoms with Crippen LogP contribution in [0.2, 0.25) is 0 Å². The van der Waals surface area contributed by atoms with Crippen molar-refractivity contribution in [3.8, 4) is 0 Å². The standard InChI is InChI=1S/C22H24O6/c1-13-8-4-6-10-15(13)18(23)19(24)21-22(26,12-17(27-3)28-21)20(25)16-11-7-5-9-14(16)2/h4-11,17,19,21,24,26H,12H2,1-3H3/t17-,19-,21+,22+/m0/s1. The number of rotatable bonds is 6. The quantitative estimate of drug-likeness (QED) is 0.742. The van der Waals surface area contributed by atoms with E-state index in [9.17, 15) is 19.8 Å². The van der Waals surface area contributed by atoms with Crippen molar-refractivity contribution in [2.75, 3.05) is 7.11 Å². The van der Waals surface area contributed by atoms with Gasteiger partial charge < -0.3 is 19.7 Å². The van der Waals surface area contributed by atoms with E-state index in [0.717, 1.165) is 0 Å². The van der Waals surface area contributed by atoms with Gasteiger partial charge in [0.2, 0.25) is 0 Å². The molecule has 0 bridgehead atoms. The second-order valence-electron chi connectivity index (χ2n) is 7.12. The smallest absolute Gasteiger partial charge is 0.197 e. The van der Waals surface area contributed by atoms with Crippen LogP contribution in [-0.2, 0) is 9.47 Å². The molecule has 3 rings (SSSR count). The lowest BCUT2D eigenvalue weighted by Crippen LogP contribution is -2.54. The largest absolute Gasteiger partial charge is 0.382 e. The van der Waals surface area contributed by atoms with Crippen LogP contribution >= 0.6 is 0 Å². The van der Waals surface area contributed by atoms with Crippen molar-refractivity contribution in [2.24, 2.45) is 0 Å². The molecule has 1 aliphatic heterocycles. The Labute approximate surface area is 163 Å². The van der Waals surface area contributed by atoms with E-state index in [-0.39, 0.29) is 6.42 Å². The monoisotopic (exact) mass is 384 g/mol. The fourth-order valence-electron chi connectivity index (χ4n) is 3.60. The molecule has 0 amide bonds. The van der Waals surface area contributed by atoms with E-state index in [1.807, 2.05) is 0 Å². The molecule has 0 radical (unpaired) electrons. The Balaban J connectivity index is 1.98. The molecule has 0 spiro atoms. The first kappa shape index (κ1) is 20.4. The van der Waals surface area contributed by atoms with Gasteiger partial charge in [0, 0.05) is 24.7 Å². The molecule has 0 saturated carbocycles. The highest BCUT2D eigenvalue weighted by atomic mass is 16.7.